The van der Waals surface area contributed by atoms with Crippen molar-refractivity contribution in [2.75, 3.05) is 0 Å². The Bertz CT molecular complexity index is 1150. The van der Waals surface area contributed by atoms with Gasteiger partial charge in [0.2, 0.25) is 5.69 Å². The molecule has 0 saturated heterocycles. The molecular formula is C28H37N+2. The fourth-order valence-electron chi connectivity index (χ4n) is 5.22. The predicted octanol–water partition coefficient (Wildman–Crippen LogP) is 6.85. The van der Waals surface area contributed by atoms with Gasteiger partial charge in [-0.25, -0.2) is 0 Å². The molecule has 0 atom stereocenters. The number of hydrogen-bond donors (Lipinski definition) is 0. The first kappa shape index (κ1) is 21.4. The third-order valence-electron chi connectivity index (χ3n) is 7.85. The lowest BCUT2D eigenvalue weighted by Gasteiger charge is -2.21. The van der Waals surface area contributed by atoms with Gasteiger partial charge in [-0.1, -0.05) is 6.92 Å². The second kappa shape index (κ2) is 7.20. The lowest BCUT2D eigenvalue weighted by atomic mass is 9.82. The Morgan fingerprint density at radius 2 is 1.10 bits per heavy atom. The summed E-state index contributed by atoms with van der Waals surface area (Å²) in [5.74, 6) is 0. The molecule has 3 rings (SSSR count). The zero-order valence-corrected chi connectivity index (χ0v) is 20.4. The average molecular weight is 388 g/mol. The van der Waals surface area contributed by atoms with E-state index in [1.807, 2.05) is 0 Å². The number of rotatable bonds is 2. The zero-order valence-electron chi connectivity index (χ0n) is 20.4. The SMILES string of the molecule is [CH2+]c1c(C)c(C)c2c(CC)c(-c3c(C)c(C)c(C)c(C)c3C)[n+](C)c(C)c2c1C. The quantitative estimate of drug-likeness (QED) is 0.334. The molecule has 0 N–H and O–H groups in total. The first-order valence-corrected chi connectivity index (χ1v) is 10.8. The van der Waals surface area contributed by atoms with Gasteiger partial charge < -0.3 is 0 Å². The first-order chi connectivity index (χ1) is 13.5. The van der Waals surface area contributed by atoms with E-state index in [2.05, 4.69) is 87.8 Å². The smallest absolute Gasteiger partial charge is 0.197 e. The molecule has 3 aromatic rings. The van der Waals surface area contributed by atoms with Gasteiger partial charge in [0.25, 0.3) is 0 Å². The summed E-state index contributed by atoms with van der Waals surface area (Å²) in [6, 6.07) is 0. The number of fused-ring (bicyclic) bond motifs is 1. The second-order valence-electron chi connectivity index (χ2n) is 8.93. The van der Waals surface area contributed by atoms with Crippen molar-refractivity contribution < 1.29 is 4.57 Å². The van der Waals surface area contributed by atoms with E-state index < -0.39 is 0 Å². The number of pyridine rings is 1. The van der Waals surface area contributed by atoms with Crippen LogP contribution in [0.2, 0.25) is 0 Å². The largest absolute Gasteiger partial charge is 0.216 e. The molecule has 0 bridgehead atoms. The van der Waals surface area contributed by atoms with Crippen molar-refractivity contribution in [2.45, 2.75) is 75.7 Å². The third kappa shape index (κ3) is 2.81. The number of aromatic nitrogens is 1. The molecule has 0 radical (unpaired) electrons. The summed E-state index contributed by atoms with van der Waals surface area (Å²) in [7, 11) is 2.24. The van der Waals surface area contributed by atoms with Gasteiger partial charge >= 0.3 is 0 Å². The molecule has 152 valence electrons. The molecule has 1 aromatic heterocycles. The van der Waals surface area contributed by atoms with Crippen molar-refractivity contribution in [1.29, 1.82) is 0 Å². The lowest BCUT2D eigenvalue weighted by molar-refractivity contribution is -0.665. The Hall–Kier alpha value is -2.28. The summed E-state index contributed by atoms with van der Waals surface area (Å²) >= 11 is 0. The Morgan fingerprint density at radius 1 is 0.621 bits per heavy atom. The summed E-state index contributed by atoms with van der Waals surface area (Å²) in [4.78, 5) is 0. The summed E-state index contributed by atoms with van der Waals surface area (Å²) in [6.07, 6.45) is 1.01. The Kier molecular flexibility index (Phi) is 5.32. The summed E-state index contributed by atoms with van der Waals surface area (Å²) in [5, 5.41) is 2.83. The van der Waals surface area contributed by atoms with E-state index in [4.69, 9.17) is 0 Å². The van der Waals surface area contributed by atoms with E-state index in [1.165, 1.54) is 83.4 Å². The predicted molar refractivity (Wildman–Crippen MR) is 127 cm³/mol. The Balaban J connectivity index is 2.68. The van der Waals surface area contributed by atoms with Gasteiger partial charge in [0, 0.05) is 44.2 Å². The molecule has 29 heavy (non-hydrogen) atoms. The van der Waals surface area contributed by atoms with E-state index in [-0.39, 0.29) is 0 Å². The molecule has 1 nitrogen and oxygen atoms in total. The molecule has 0 aliphatic heterocycles. The Labute approximate surface area is 177 Å². The summed E-state index contributed by atoms with van der Waals surface area (Å²) in [5.41, 5.74) is 17.9. The van der Waals surface area contributed by atoms with E-state index in [0.29, 0.717) is 0 Å². The van der Waals surface area contributed by atoms with Crippen LogP contribution in [0.4, 0.5) is 0 Å². The van der Waals surface area contributed by atoms with Crippen LogP contribution in [0.3, 0.4) is 0 Å². The van der Waals surface area contributed by atoms with Gasteiger partial charge in [-0.15, -0.1) is 0 Å². The highest BCUT2D eigenvalue weighted by atomic mass is 14.9. The van der Waals surface area contributed by atoms with Crippen LogP contribution in [0, 0.1) is 69.2 Å². The van der Waals surface area contributed by atoms with Crippen LogP contribution in [-0.2, 0) is 13.5 Å². The fraction of sp³-hybridized carbons (Fsp3) is 0.429. The minimum Gasteiger partial charge on any atom is -0.197 e. The fourth-order valence-corrected chi connectivity index (χ4v) is 5.22. The van der Waals surface area contributed by atoms with Crippen molar-refractivity contribution in [1.82, 2.24) is 0 Å². The molecule has 0 aliphatic rings. The topological polar surface area (TPSA) is 3.88 Å². The van der Waals surface area contributed by atoms with Gasteiger partial charge in [0.1, 0.15) is 18.0 Å². The van der Waals surface area contributed by atoms with Crippen LogP contribution in [0.25, 0.3) is 22.0 Å². The minimum absolute atomic E-state index is 1.01. The van der Waals surface area contributed by atoms with Gasteiger partial charge in [0.05, 0.1) is 16.7 Å². The highest BCUT2D eigenvalue weighted by Crippen LogP contribution is 2.40. The highest BCUT2D eigenvalue weighted by Gasteiger charge is 2.31. The molecule has 0 unspecified atom stereocenters. The van der Waals surface area contributed by atoms with Crippen molar-refractivity contribution in [3.05, 3.63) is 68.3 Å². The maximum Gasteiger partial charge on any atom is 0.216 e. The number of nitrogens with zero attached hydrogens (tertiary/aromatic N) is 1. The Morgan fingerprint density at radius 3 is 1.59 bits per heavy atom. The highest BCUT2D eigenvalue weighted by molar-refractivity contribution is 5.97. The minimum atomic E-state index is 1.01. The van der Waals surface area contributed by atoms with Crippen molar-refractivity contribution >= 4 is 10.8 Å². The van der Waals surface area contributed by atoms with Crippen LogP contribution in [0.1, 0.15) is 68.3 Å². The van der Waals surface area contributed by atoms with E-state index in [9.17, 15) is 0 Å². The summed E-state index contributed by atoms with van der Waals surface area (Å²) < 4.78 is 2.44. The molecular weight excluding hydrogens is 350 g/mol. The van der Waals surface area contributed by atoms with Crippen molar-refractivity contribution in [2.24, 2.45) is 7.05 Å². The molecule has 0 fully saturated rings. The van der Waals surface area contributed by atoms with E-state index in [1.54, 1.807) is 0 Å². The molecule has 0 amide bonds. The zero-order chi connectivity index (χ0) is 21.9. The van der Waals surface area contributed by atoms with Gasteiger partial charge in [-0.3, -0.25) is 0 Å². The number of hydrogen-bond acceptors (Lipinski definition) is 0. The summed E-state index contributed by atoms with van der Waals surface area (Å²) in [6.45, 7) is 27.1. The van der Waals surface area contributed by atoms with Crippen molar-refractivity contribution in [3.8, 4) is 11.3 Å². The van der Waals surface area contributed by atoms with Gasteiger partial charge in [0.15, 0.2) is 5.69 Å². The third-order valence-corrected chi connectivity index (χ3v) is 7.85. The molecule has 2 aromatic carbocycles. The molecule has 1 heterocycles. The molecule has 0 saturated carbocycles. The van der Waals surface area contributed by atoms with E-state index in [0.717, 1.165) is 6.42 Å². The van der Waals surface area contributed by atoms with E-state index >= 15 is 0 Å². The maximum atomic E-state index is 4.39. The number of benzene rings is 2. The lowest BCUT2D eigenvalue weighted by Crippen LogP contribution is -2.37. The van der Waals surface area contributed by atoms with Crippen LogP contribution >= 0.6 is 0 Å². The molecule has 1 heteroatoms. The van der Waals surface area contributed by atoms with Gasteiger partial charge in [-0.2, -0.15) is 4.57 Å². The maximum absolute atomic E-state index is 4.39. The van der Waals surface area contributed by atoms with Crippen LogP contribution in [0.5, 0.6) is 0 Å². The van der Waals surface area contributed by atoms with Crippen molar-refractivity contribution in [3.63, 3.8) is 0 Å². The normalized spacial score (nSPS) is 11.6. The average Bonchev–Trinajstić information content (AvgIpc) is 2.70. The van der Waals surface area contributed by atoms with Crippen LogP contribution in [0.15, 0.2) is 0 Å². The molecule has 0 spiro atoms. The van der Waals surface area contributed by atoms with Gasteiger partial charge in [-0.05, 0) is 75.8 Å². The standard InChI is InChI=1S/C28H37N/c1-13-24-27-22(10)18(6)17(5)21(9)26(27)23(11)29(12)28(24)25-19(7)15(3)14(2)16(4)20(25)8/h5,13H2,1-4,6-12H3/q+2. The van der Waals surface area contributed by atoms with Crippen LogP contribution in [-0.4, -0.2) is 0 Å². The monoisotopic (exact) mass is 387 g/mol. The number of aryl methyl sites for hydroxylation is 4. The molecule has 0 aliphatic carbocycles. The first-order valence-electron chi connectivity index (χ1n) is 10.8. The second-order valence-corrected chi connectivity index (χ2v) is 8.93. The van der Waals surface area contributed by atoms with Crippen LogP contribution < -0.4 is 4.57 Å².